The summed E-state index contributed by atoms with van der Waals surface area (Å²) >= 11 is 0. The van der Waals surface area contributed by atoms with E-state index in [2.05, 4.69) is 9.97 Å². The van der Waals surface area contributed by atoms with E-state index in [-0.39, 0.29) is 33.7 Å². The Morgan fingerprint density at radius 3 is 2.10 bits per heavy atom. The Morgan fingerprint density at radius 2 is 1.52 bits per heavy atom. The van der Waals surface area contributed by atoms with Gasteiger partial charge in [0.25, 0.3) is 0 Å². The summed E-state index contributed by atoms with van der Waals surface area (Å²) in [5.41, 5.74) is 1.33. The van der Waals surface area contributed by atoms with E-state index in [9.17, 15) is 19.8 Å². The minimum absolute atomic E-state index is 0.0213. The fourth-order valence-electron chi connectivity index (χ4n) is 2.92. The topological polar surface area (TPSA) is 119 Å². The second-order valence-electron chi connectivity index (χ2n) is 6.10. The first-order valence-corrected chi connectivity index (χ1v) is 8.50. The summed E-state index contributed by atoms with van der Waals surface area (Å²) in [6.07, 6.45) is 0. The van der Waals surface area contributed by atoms with Gasteiger partial charge < -0.3 is 19.7 Å². The van der Waals surface area contributed by atoms with Gasteiger partial charge in [0.1, 0.15) is 16.8 Å². The highest BCUT2D eigenvalue weighted by atomic mass is 16.5. The van der Waals surface area contributed by atoms with Crippen molar-refractivity contribution in [2.45, 2.75) is 0 Å². The number of methoxy groups -OCH3 is 1. The molecule has 0 aliphatic heterocycles. The molecular weight excluding hydrogens is 376 g/mol. The van der Waals surface area contributed by atoms with Crippen molar-refractivity contribution in [3.63, 3.8) is 0 Å². The molecule has 0 amide bonds. The molecule has 0 unspecified atom stereocenters. The Hall–Kier alpha value is -4.20. The van der Waals surface area contributed by atoms with Crippen LogP contribution in [0.5, 0.6) is 17.2 Å². The van der Waals surface area contributed by atoms with Gasteiger partial charge in [0.2, 0.25) is 0 Å². The lowest BCUT2D eigenvalue weighted by molar-refractivity contribution is 0.0696. The van der Waals surface area contributed by atoms with Crippen LogP contribution < -0.4 is 9.47 Å². The van der Waals surface area contributed by atoms with Crippen LogP contribution in [0.2, 0.25) is 0 Å². The van der Waals surface area contributed by atoms with Crippen molar-refractivity contribution >= 4 is 34.0 Å². The van der Waals surface area contributed by atoms with E-state index in [1.165, 1.54) is 31.4 Å². The van der Waals surface area contributed by atoms with Crippen molar-refractivity contribution in [2.75, 3.05) is 7.11 Å². The highest BCUT2D eigenvalue weighted by Crippen LogP contribution is 2.31. The number of carbonyl (C=O) groups excluding carboxylic acids is 1. The number of carboxylic acids is 1. The van der Waals surface area contributed by atoms with Crippen molar-refractivity contribution in [1.82, 2.24) is 9.97 Å². The molecule has 0 saturated carbocycles. The molecule has 0 bridgehead atoms. The largest absolute Gasteiger partial charge is 0.504 e. The van der Waals surface area contributed by atoms with Gasteiger partial charge >= 0.3 is 11.9 Å². The lowest BCUT2D eigenvalue weighted by Crippen LogP contribution is -2.10. The molecule has 1 heterocycles. The Bertz CT molecular complexity index is 1290. The lowest BCUT2D eigenvalue weighted by atomic mass is 10.1. The van der Waals surface area contributed by atoms with Crippen LogP contribution in [0.25, 0.3) is 22.1 Å². The van der Waals surface area contributed by atoms with Crippen LogP contribution in [0.15, 0.2) is 54.6 Å². The number of ether oxygens (including phenoxy) is 2. The molecule has 4 aromatic rings. The molecule has 3 aromatic carbocycles. The van der Waals surface area contributed by atoms with Gasteiger partial charge in [0.05, 0.1) is 29.3 Å². The first-order chi connectivity index (χ1) is 14.0. The first kappa shape index (κ1) is 18.2. The van der Waals surface area contributed by atoms with Crippen molar-refractivity contribution in [1.29, 1.82) is 0 Å². The number of esters is 1. The minimum Gasteiger partial charge on any atom is -0.504 e. The molecule has 29 heavy (non-hydrogen) atoms. The summed E-state index contributed by atoms with van der Waals surface area (Å²) in [4.78, 5) is 32.9. The molecule has 0 saturated heterocycles. The number of benzene rings is 3. The normalized spacial score (nSPS) is 10.8. The molecule has 0 atom stereocenters. The summed E-state index contributed by atoms with van der Waals surface area (Å²) in [6.45, 7) is 0. The van der Waals surface area contributed by atoms with E-state index < -0.39 is 11.9 Å². The number of nitrogens with zero attached hydrogens (tertiary/aromatic N) is 2. The third-order valence-electron chi connectivity index (χ3n) is 4.31. The molecule has 0 spiro atoms. The summed E-state index contributed by atoms with van der Waals surface area (Å²) in [7, 11) is 1.45. The van der Waals surface area contributed by atoms with Gasteiger partial charge in [0.15, 0.2) is 11.5 Å². The van der Waals surface area contributed by atoms with Gasteiger partial charge in [-0.3, -0.25) is 0 Å². The van der Waals surface area contributed by atoms with Crippen LogP contribution in [0.1, 0.15) is 20.7 Å². The zero-order valence-electron chi connectivity index (χ0n) is 15.1. The standard InChI is InChI=1S/C21H14N2O6/c1-28-11-8-9-17(16(24)10-11)29-21(27)13-5-3-7-15-19(13)23-14-6-2-4-12(20(25)26)18(14)22-15/h2-10,24H,1H3,(H,25,26). The maximum absolute atomic E-state index is 12.7. The summed E-state index contributed by atoms with van der Waals surface area (Å²) in [6, 6.07) is 13.6. The molecule has 1 aromatic heterocycles. The molecular formula is C21H14N2O6. The molecule has 0 aliphatic rings. The number of carbonyl (C=O) groups is 2. The fourth-order valence-corrected chi connectivity index (χ4v) is 2.92. The van der Waals surface area contributed by atoms with Gasteiger partial charge in [-0.1, -0.05) is 12.1 Å². The number of hydrogen-bond acceptors (Lipinski definition) is 7. The highest BCUT2D eigenvalue weighted by molar-refractivity contribution is 6.07. The van der Waals surface area contributed by atoms with E-state index >= 15 is 0 Å². The number of carboxylic acid groups (broad SMARTS) is 1. The third kappa shape index (κ3) is 3.27. The van der Waals surface area contributed by atoms with Gasteiger partial charge in [0, 0.05) is 6.07 Å². The highest BCUT2D eigenvalue weighted by Gasteiger charge is 2.18. The van der Waals surface area contributed by atoms with Gasteiger partial charge in [-0.15, -0.1) is 0 Å². The van der Waals surface area contributed by atoms with Crippen LogP contribution >= 0.6 is 0 Å². The Balaban J connectivity index is 1.79. The van der Waals surface area contributed by atoms with E-state index in [1.54, 1.807) is 30.3 Å². The van der Waals surface area contributed by atoms with Crippen molar-refractivity contribution in [3.8, 4) is 17.2 Å². The van der Waals surface area contributed by atoms with Crippen LogP contribution in [-0.4, -0.2) is 39.2 Å². The van der Waals surface area contributed by atoms with Crippen LogP contribution in [-0.2, 0) is 0 Å². The average molecular weight is 390 g/mol. The first-order valence-electron chi connectivity index (χ1n) is 8.50. The second-order valence-corrected chi connectivity index (χ2v) is 6.10. The van der Waals surface area contributed by atoms with Gasteiger partial charge in [-0.25, -0.2) is 19.6 Å². The molecule has 8 nitrogen and oxygen atoms in total. The molecule has 0 aliphatic carbocycles. The molecule has 0 radical (unpaired) electrons. The zero-order valence-corrected chi connectivity index (χ0v) is 15.1. The maximum atomic E-state index is 12.7. The Kier molecular flexibility index (Phi) is 4.44. The predicted molar refractivity (Wildman–Crippen MR) is 104 cm³/mol. The quantitative estimate of drug-likeness (QED) is 0.309. The monoisotopic (exact) mass is 390 g/mol. The Morgan fingerprint density at radius 1 is 0.897 bits per heavy atom. The van der Waals surface area contributed by atoms with Gasteiger partial charge in [-0.2, -0.15) is 0 Å². The number of fused-ring (bicyclic) bond motifs is 2. The zero-order chi connectivity index (χ0) is 20.5. The fraction of sp³-hybridized carbons (Fsp3) is 0.0476. The third-order valence-corrected chi connectivity index (χ3v) is 4.31. The molecule has 8 heteroatoms. The smallest absolute Gasteiger partial charge is 0.345 e. The van der Waals surface area contributed by atoms with E-state index in [0.29, 0.717) is 16.8 Å². The van der Waals surface area contributed by atoms with Crippen LogP contribution in [0.4, 0.5) is 0 Å². The lowest BCUT2D eigenvalue weighted by Gasteiger charge is -2.10. The summed E-state index contributed by atoms with van der Waals surface area (Å²) < 4.78 is 10.3. The van der Waals surface area contributed by atoms with Crippen molar-refractivity contribution in [2.24, 2.45) is 0 Å². The SMILES string of the molecule is COc1ccc(OC(=O)c2cccc3nc4c(C(=O)O)cccc4nc23)c(O)c1. The molecule has 144 valence electrons. The van der Waals surface area contributed by atoms with Crippen LogP contribution in [0, 0.1) is 0 Å². The number of phenols is 1. The maximum Gasteiger partial charge on any atom is 0.345 e. The number of phenolic OH excluding ortho intramolecular Hbond substituents is 1. The van der Waals surface area contributed by atoms with E-state index in [4.69, 9.17) is 9.47 Å². The number of aromatic carboxylic acids is 1. The summed E-state index contributed by atoms with van der Waals surface area (Å²) in [5.74, 6) is -1.72. The van der Waals surface area contributed by atoms with Gasteiger partial charge in [-0.05, 0) is 36.4 Å². The molecule has 0 fully saturated rings. The second kappa shape index (κ2) is 7.08. The number of para-hydroxylation sites is 2. The van der Waals surface area contributed by atoms with E-state index in [1.807, 2.05) is 0 Å². The van der Waals surface area contributed by atoms with Crippen molar-refractivity contribution in [3.05, 3.63) is 65.7 Å². The predicted octanol–water partition coefficient (Wildman–Crippen LogP) is 3.41. The van der Waals surface area contributed by atoms with Crippen molar-refractivity contribution < 1.29 is 29.3 Å². The number of aromatic nitrogens is 2. The Labute approximate surface area is 164 Å². The van der Waals surface area contributed by atoms with E-state index in [0.717, 1.165) is 0 Å². The number of hydrogen-bond donors (Lipinski definition) is 2. The molecule has 4 rings (SSSR count). The number of rotatable bonds is 4. The number of aromatic hydroxyl groups is 1. The minimum atomic E-state index is -1.12. The van der Waals surface area contributed by atoms with Crippen LogP contribution in [0.3, 0.4) is 0 Å². The average Bonchev–Trinajstić information content (AvgIpc) is 2.72. The summed E-state index contributed by atoms with van der Waals surface area (Å²) in [5, 5.41) is 19.4. The molecule has 2 N–H and O–H groups in total.